The van der Waals surface area contributed by atoms with Gasteiger partial charge in [-0.15, -0.1) is 0 Å². The van der Waals surface area contributed by atoms with Crippen LogP contribution in [0.3, 0.4) is 0 Å². The predicted octanol–water partition coefficient (Wildman–Crippen LogP) is 2.33. The number of benzene rings is 2. The Morgan fingerprint density at radius 3 is 2.44 bits per heavy atom. The first kappa shape index (κ1) is 20.0. The summed E-state index contributed by atoms with van der Waals surface area (Å²) in [7, 11) is -3.61. The summed E-state index contributed by atoms with van der Waals surface area (Å²) < 4.78 is 33.5. The minimum atomic E-state index is -3.61. The molecule has 1 aliphatic rings. The lowest BCUT2D eigenvalue weighted by molar-refractivity contribution is -0.120. The number of amides is 1. The van der Waals surface area contributed by atoms with Gasteiger partial charge in [0.15, 0.2) is 0 Å². The Balaban J connectivity index is 1.68. The Kier molecular flexibility index (Phi) is 6.64. The van der Waals surface area contributed by atoms with Gasteiger partial charge in [-0.1, -0.05) is 46.3 Å². The molecule has 1 fully saturated rings. The van der Waals surface area contributed by atoms with E-state index in [-0.39, 0.29) is 23.8 Å². The smallest absolute Gasteiger partial charge is 0.243 e. The summed E-state index contributed by atoms with van der Waals surface area (Å²) in [6, 6.07) is 14.3. The fourth-order valence-corrected chi connectivity index (χ4v) is 4.77. The van der Waals surface area contributed by atoms with Gasteiger partial charge in [-0.25, -0.2) is 8.42 Å². The highest BCUT2D eigenvalue weighted by Gasteiger charge is 2.28. The van der Waals surface area contributed by atoms with Crippen molar-refractivity contribution in [1.29, 1.82) is 0 Å². The first-order chi connectivity index (χ1) is 13.0. The lowest BCUT2D eigenvalue weighted by Gasteiger charge is -2.27. The number of carbonyl (C=O) groups is 1. The number of hydrogen-bond donors (Lipinski definition) is 1. The van der Waals surface area contributed by atoms with E-state index in [9.17, 15) is 13.2 Å². The van der Waals surface area contributed by atoms with Crippen molar-refractivity contribution in [1.82, 2.24) is 9.62 Å². The maximum Gasteiger partial charge on any atom is 0.243 e. The Morgan fingerprint density at radius 2 is 1.74 bits per heavy atom. The van der Waals surface area contributed by atoms with E-state index < -0.39 is 10.0 Å². The number of hydrogen-bond acceptors (Lipinski definition) is 4. The van der Waals surface area contributed by atoms with Crippen molar-refractivity contribution in [3.05, 3.63) is 64.1 Å². The highest BCUT2D eigenvalue weighted by Crippen LogP contribution is 2.21. The van der Waals surface area contributed by atoms with Crippen molar-refractivity contribution >= 4 is 31.9 Å². The van der Waals surface area contributed by atoms with Crippen LogP contribution in [0.5, 0.6) is 0 Å². The third-order valence-electron chi connectivity index (χ3n) is 4.31. The molecule has 2 aromatic carbocycles. The molecule has 0 aromatic heterocycles. The van der Waals surface area contributed by atoms with Gasteiger partial charge in [-0.3, -0.25) is 4.79 Å². The Morgan fingerprint density at radius 1 is 1.07 bits per heavy atom. The van der Waals surface area contributed by atoms with Crippen molar-refractivity contribution in [2.24, 2.45) is 0 Å². The van der Waals surface area contributed by atoms with Crippen LogP contribution in [0.15, 0.2) is 57.9 Å². The van der Waals surface area contributed by atoms with Gasteiger partial charge in [0.05, 0.1) is 24.5 Å². The SMILES string of the molecule is O=C(Cc1ccc(Br)cc1)NCc1ccccc1S(=O)(=O)N1CCOCC1. The van der Waals surface area contributed by atoms with Crippen LogP contribution in [-0.2, 0) is 32.5 Å². The minimum Gasteiger partial charge on any atom is -0.379 e. The maximum absolute atomic E-state index is 12.9. The van der Waals surface area contributed by atoms with Gasteiger partial charge in [0.2, 0.25) is 15.9 Å². The molecule has 1 saturated heterocycles. The molecule has 0 radical (unpaired) electrons. The van der Waals surface area contributed by atoms with Crippen molar-refractivity contribution < 1.29 is 17.9 Å². The van der Waals surface area contributed by atoms with Crippen LogP contribution in [0.1, 0.15) is 11.1 Å². The maximum atomic E-state index is 12.9. The number of ether oxygens (including phenoxy) is 1. The first-order valence-electron chi connectivity index (χ1n) is 8.64. The summed E-state index contributed by atoms with van der Waals surface area (Å²) in [4.78, 5) is 12.5. The molecular weight excluding hydrogens is 432 g/mol. The molecule has 0 saturated carbocycles. The number of halogens is 1. The van der Waals surface area contributed by atoms with E-state index in [4.69, 9.17) is 4.74 Å². The lowest BCUT2D eigenvalue weighted by Crippen LogP contribution is -2.41. The molecule has 1 N–H and O–H groups in total. The van der Waals surface area contributed by atoms with E-state index in [0.29, 0.717) is 31.9 Å². The predicted molar refractivity (Wildman–Crippen MR) is 106 cm³/mol. The van der Waals surface area contributed by atoms with Crippen LogP contribution < -0.4 is 5.32 Å². The molecule has 27 heavy (non-hydrogen) atoms. The summed E-state index contributed by atoms with van der Waals surface area (Å²) in [5.41, 5.74) is 1.47. The van der Waals surface area contributed by atoms with Crippen LogP contribution in [-0.4, -0.2) is 44.9 Å². The molecule has 1 aliphatic heterocycles. The zero-order chi connectivity index (χ0) is 19.3. The van der Waals surface area contributed by atoms with Gasteiger partial charge in [0.25, 0.3) is 0 Å². The standard InChI is InChI=1S/C19H21BrN2O4S/c20-17-7-5-15(6-8-17)13-19(23)21-14-16-3-1-2-4-18(16)27(24,25)22-9-11-26-12-10-22/h1-8H,9-14H2,(H,21,23). The molecule has 8 heteroatoms. The van der Waals surface area contributed by atoms with Crippen LogP contribution in [0.2, 0.25) is 0 Å². The van der Waals surface area contributed by atoms with Crippen LogP contribution in [0.25, 0.3) is 0 Å². The van der Waals surface area contributed by atoms with Gasteiger partial charge < -0.3 is 10.1 Å². The summed E-state index contributed by atoms with van der Waals surface area (Å²) in [6.45, 7) is 1.63. The van der Waals surface area contributed by atoms with E-state index in [1.54, 1.807) is 24.3 Å². The Labute approximate surface area is 167 Å². The zero-order valence-corrected chi connectivity index (χ0v) is 17.1. The molecule has 3 rings (SSSR count). The molecule has 1 amide bonds. The summed E-state index contributed by atoms with van der Waals surface area (Å²) >= 11 is 3.36. The van der Waals surface area contributed by atoms with Crippen molar-refractivity contribution in [3.8, 4) is 0 Å². The van der Waals surface area contributed by atoms with Gasteiger partial charge in [0.1, 0.15) is 0 Å². The average Bonchev–Trinajstić information content (AvgIpc) is 2.69. The minimum absolute atomic E-state index is 0.157. The molecule has 2 aromatic rings. The normalized spacial score (nSPS) is 15.4. The molecule has 0 bridgehead atoms. The number of sulfonamides is 1. The van der Waals surface area contributed by atoms with E-state index in [0.717, 1.165) is 10.0 Å². The van der Waals surface area contributed by atoms with E-state index in [1.807, 2.05) is 24.3 Å². The monoisotopic (exact) mass is 452 g/mol. The highest BCUT2D eigenvalue weighted by molar-refractivity contribution is 9.10. The average molecular weight is 453 g/mol. The van der Waals surface area contributed by atoms with Crippen molar-refractivity contribution in [2.45, 2.75) is 17.9 Å². The van der Waals surface area contributed by atoms with Crippen LogP contribution in [0, 0.1) is 0 Å². The molecule has 0 unspecified atom stereocenters. The van der Waals surface area contributed by atoms with E-state index >= 15 is 0 Å². The zero-order valence-electron chi connectivity index (χ0n) is 14.7. The molecule has 1 heterocycles. The fraction of sp³-hybridized carbons (Fsp3) is 0.316. The number of carbonyl (C=O) groups excluding carboxylic acids is 1. The molecule has 144 valence electrons. The number of nitrogens with zero attached hydrogens (tertiary/aromatic N) is 1. The molecule has 0 spiro atoms. The Bertz CT molecular complexity index is 894. The molecule has 0 atom stereocenters. The molecule has 0 aliphatic carbocycles. The third-order valence-corrected chi connectivity index (χ3v) is 6.84. The van der Waals surface area contributed by atoms with Gasteiger partial charge in [-0.2, -0.15) is 4.31 Å². The van der Waals surface area contributed by atoms with Crippen LogP contribution >= 0.6 is 15.9 Å². The highest BCUT2D eigenvalue weighted by atomic mass is 79.9. The number of nitrogens with one attached hydrogen (secondary N) is 1. The third kappa shape index (κ3) is 5.16. The summed E-state index contributed by atoms with van der Waals surface area (Å²) in [5.74, 6) is -0.157. The largest absolute Gasteiger partial charge is 0.379 e. The second kappa shape index (κ2) is 8.97. The fourth-order valence-electron chi connectivity index (χ4n) is 2.87. The second-order valence-corrected chi connectivity index (χ2v) is 9.03. The van der Waals surface area contributed by atoms with Crippen LogP contribution in [0.4, 0.5) is 0 Å². The van der Waals surface area contributed by atoms with Crippen molar-refractivity contribution in [2.75, 3.05) is 26.3 Å². The van der Waals surface area contributed by atoms with Gasteiger partial charge in [-0.05, 0) is 29.3 Å². The van der Waals surface area contributed by atoms with Crippen molar-refractivity contribution in [3.63, 3.8) is 0 Å². The van der Waals surface area contributed by atoms with E-state index in [1.165, 1.54) is 4.31 Å². The number of morpholine rings is 1. The second-order valence-electron chi connectivity index (χ2n) is 6.20. The van der Waals surface area contributed by atoms with Gasteiger partial charge >= 0.3 is 0 Å². The lowest BCUT2D eigenvalue weighted by atomic mass is 10.1. The summed E-state index contributed by atoms with van der Waals surface area (Å²) in [6.07, 6.45) is 0.242. The first-order valence-corrected chi connectivity index (χ1v) is 10.9. The number of rotatable bonds is 6. The molecular formula is C19H21BrN2O4S. The van der Waals surface area contributed by atoms with E-state index in [2.05, 4.69) is 21.2 Å². The topological polar surface area (TPSA) is 75.7 Å². The summed E-state index contributed by atoms with van der Waals surface area (Å²) in [5, 5.41) is 2.82. The molecule has 6 nitrogen and oxygen atoms in total. The van der Waals surface area contributed by atoms with Gasteiger partial charge in [0, 0.05) is 24.1 Å². The Hall–Kier alpha value is -1.74. The quantitative estimate of drug-likeness (QED) is 0.729.